The number of nitriles is 2. The fourth-order valence-corrected chi connectivity index (χ4v) is 1.73. The van der Waals surface area contributed by atoms with Crippen LogP contribution >= 0.6 is 0 Å². The third-order valence-corrected chi connectivity index (χ3v) is 2.77. The summed E-state index contributed by atoms with van der Waals surface area (Å²) in [6.45, 7) is 0. The number of carboxylic acid groups (broad SMARTS) is 1. The van der Waals surface area contributed by atoms with Crippen molar-refractivity contribution in [3.63, 3.8) is 0 Å². The van der Waals surface area contributed by atoms with E-state index < -0.39 is 5.97 Å². The first kappa shape index (κ1) is 14.0. The number of hydrogen-bond acceptors (Lipinski definition) is 4. The highest BCUT2D eigenvalue weighted by molar-refractivity contribution is 5.88. The molecule has 0 amide bonds. The number of rotatable bonds is 3. The minimum atomic E-state index is -1.01. The number of pyridine rings is 1. The highest BCUT2D eigenvalue weighted by Crippen LogP contribution is 2.19. The maximum absolute atomic E-state index is 10.9. The summed E-state index contributed by atoms with van der Waals surface area (Å²) in [5.74, 6) is -1.01. The van der Waals surface area contributed by atoms with Crippen LogP contribution in [0.4, 0.5) is 0 Å². The van der Waals surface area contributed by atoms with E-state index in [1.807, 2.05) is 0 Å². The average Bonchev–Trinajstić information content (AvgIpc) is 2.53. The van der Waals surface area contributed by atoms with Gasteiger partial charge in [0.1, 0.15) is 17.7 Å². The van der Waals surface area contributed by atoms with Gasteiger partial charge in [0.2, 0.25) is 0 Å². The summed E-state index contributed by atoms with van der Waals surface area (Å²) in [4.78, 5) is 15.1. The number of aromatic nitrogens is 1. The molecule has 0 radical (unpaired) electrons. The first-order valence-electron chi connectivity index (χ1n) is 5.95. The maximum atomic E-state index is 10.9. The zero-order chi connectivity index (χ0) is 15.2. The molecule has 0 fully saturated rings. The Labute approximate surface area is 121 Å². The molecule has 0 unspecified atom stereocenters. The Hall–Kier alpha value is -3.44. The number of carboxylic acids is 1. The van der Waals surface area contributed by atoms with Gasteiger partial charge in [-0.1, -0.05) is 24.3 Å². The summed E-state index contributed by atoms with van der Waals surface area (Å²) in [6, 6.07) is 13.5. The molecule has 2 rings (SSSR count). The molecule has 1 heterocycles. The van der Waals surface area contributed by atoms with Gasteiger partial charge in [0.25, 0.3) is 0 Å². The van der Waals surface area contributed by atoms with Crippen LogP contribution in [-0.2, 0) is 0 Å². The molecular formula is C16H9N3O2. The molecule has 5 nitrogen and oxygen atoms in total. The zero-order valence-electron chi connectivity index (χ0n) is 10.8. The summed E-state index contributed by atoms with van der Waals surface area (Å²) in [6.07, 6.45) is 2.92. The number of aromatic carboxylic acids is 1. The Morgan fingerprint density at radius 1 is 1.14 bits per heavy atom. The first-order chi connectivity index (χ1) is 10.1. The average molecular weight is 275 g/mol. The van der Waals surface area contributed by atoms with Crippen molar-refractivity contribution in [2.45, 2.75) is 0 Å². The van der Waals surface area contributed by atoms with Crippen LogP contribution in [0, 0.1) is 22.7 Å². The van der Waals surface area contributed by atoms with Crippen molar-refractivity contribution in [2.24, 2.45) is 0 Å². The largest absolute Gasteiger partial charge is 0.478 e. The van der Waals surface area contributed by atoms with E-state index in [0.717, 1.165) is 5.56 Å². The molecule has 0 bridgehead atoms. The SMILES string of the molecule is N#CC(C#N)=Cc1ccc(-c2cc(C(=O)O)ccn2)cc1. The predicted octanol–water partition coefficient (Wildman–Crippen LogP) is 2.88. The molecule has 0 aliphatic rings. The molecule has 0 aliphatic carbocycles. The highest BCUT2D eigenvalue weighted by Gasteiger charge is 2.06. The Bertz CT molecular complexity index is 778. The molecule has 0 aliphatic heterocycles. The minimum absolute atomic E-state index is 0.0220. The minimum Gasteiger partial charge on any atom is -0.478 e. The fourth-order valence-electron chi connectivity index (χ4n) is 1.73. The Balaban J connectivity index is 2.34. The lowest BCUT2D eigenvalue weighted by Gasteiger charge is -2.02. The molecule has 2 aromatic rings. The molecule has 1 N–H and O–H groups in total. The molecule has 21 heavy (non-hydrogen) atoms. The number of nitrogens with zero attached hydrogens (tertiary/aromatic N) is 3. The zero-order valence-corrected chi connectivity index (χ0v) is 10.8. The van der Waals surface area contributed by atoms with Crippen LogP contribution in [-0.4, -0.2) is 16.1 Å². The Morgan fingerprint density at radius 3 is 2.38 bits per heavy atom. The van der Waals surface area contributed by atoms with Crippen molar-refractivity contribution in [3.8, 4) is 23.4 Å². The van der Waals surface area contributed by atoms with Crippen molar-refractivity contribution >= 4 is 12.0 Å². The molecule has 0 saturated heterocycles. The van der Waals surface area contributed by atoms with Gasteiger partial charge in [-0.15, -0.1) is 0 Å². The number of hydrogen-bond donors (Lipinski definition) is 1. The lowest BCUT2D eigenvalue weighted by molar-refractivity contribution is 0.0697. The van der Waals surface area contributed by atoms with E-state index in [1.54, 1.807) is 36.4 Å². The third-order valence-electron chi connectivity index (χ3n) is 2.77. The fraction of sp³-hybridized carbons (Fsp3) is 0. The van der Waals surface area contributed by atoms with E-state index >= 15 is 0 Å². The summed E-state index contributed by atoms with van der Waals surface area (Å²) in [5, 5.41) is 26.3. The van der Waals surface area contributed by atoms with Gasteiger partial charge in [0.05, 0.1) is 11.3 Å². The van der Waals surface area contributed by atoms with Crippen LogP contribution in [0.15, 0.2) is 48.2 Å². The van der Waals surface area contributed by atoms with E-state index in [1.165, 1.54) is 24.4 Å². The number of allylic oxidation sites excluding steroid dienone is 1. The van der Waals surface area contributed by atoms with Crippen LogP contribution in [0.5, 0.6) is 0 Å². The maximum Gasteiger partial charge on any atom is 0.335 e. The summed E-state index contributed by atoms with van der Waals surface area (Å²) in [5.41, 5.74) is 2.21. The van der Waals surface area contributed by atoms with E-state index in [4.69, 9.17) is 15.6 Å². The summed E-state index contributed by atoms with van der Waals surface area (Å²) in [7, 11) is 0. The standard InChI is InChI=1S/C16H9N3O2/c17-9-12(10-18)7-11-1-3-13(4-2-11)15-8-14(16(20)21)5-6-19-15/h1-8H,(H,20,21). The lowest BCUT2D eigenvalue weighted by Crippen LogP contribution is -1.97. The number of benzene rings is 1. The molecule has 1 aromatic carbocycles. The van der Waals surface area contributed by atoms with Crippen LogP contribution in [0.2, 0.25) is 0 Å². The molecule has 0 saturated carbocycles. The second-order valence-corrected chi connectivity index (χ2v) is 4.14. The second-order valence-electron chi connectivity index (χ2n) is 4.14. The smallest absolute Gasteiger partial charge is 0.335 e. The quantitative estimate of drug-likeness (QED) is 0.868. The second kappa shape index (κ2) is 6.14. The van der Waals surface area contributed by atoms with Gasteiger partial charge in [-0.05, 0) is 23.8 Å². The van der Waals surface area contributed by atoms with Gasteiger partial charge >= 0.3 is 5.97 Å². The predicted molar refractivity (Wildman–Crippen MR) is 75.8 cm³/mol. The van der Waals surface area contributed by atoms with Gasteiger partial charge in [-0.3, -0.25) is 4.98 Å². The van der Waals surface area contributed by atoms with Crippen molar-refractivity contribution in [1.29, 1.82) is 10.5 Å². The first-order valence-corrected chi connectivity index (χ1v) is 5.95. The van der Waals surface area contributed by atoms with Crippen LogP contribution in [0.3, 0.4) is 0 Å². The summed E-state index contributed by atoms with van der Waals surface area (Å²) < 4.78 is 0. The Kier molecular flexibility index (Phi) is 4.09. The van der Waals surface area contributed by atoms with Gasteiger partial charge in [-0.2, -0.15) is 10.5 Å². The van der Waals surface area contributed by atoms with Gasteiger partial charge in [-0.25, -0.2) is 4.79 Å². The molecular weight excluding hydrogens is 266 g/mol. The molecule has 100 valence electrons. The number of carbonyl (C=O) groups is 1. The van der Waals surface area contributed by atoms with E-state index in [2.05, 4.69) is 4.98 Å². The monoisotopic (exact) mass is 275 g/mol. The van der Waals surface area contributed by atoms with Gasteiger partial charge in [0.15, 0.2) is 0 Å². The van der Waals surface area contributed by atoms with E-state index in [-0.39, 0.29) is 11.1 Å². The van der Waals surface area contributed by atoms with E-state index in [0.29, 0.717) is 11.3 Å². The Morgan fingerprint density at radius 2 is 1.81 bits per heavy atom. The van der Waals surface area contributed by atoms with Gasteiger partial charge in [0, 0.05) is 11.8 Å². The molecule has 0 spiro atoms. The van der Waals surface area contributed by atoms with Crippen LogP contribution in [0.1, 0.15) is 15.9 Å². The lowest BCUT2D eigenvalue weighted by atomic mass is 10.1. The topological polar surface area (TPSA) is 97.8 Å². The van der Waals surface area contributed by atoms with E-state index in [9.17, 15) is 4.79 Å². The van der Waals surface area contributed by atoms with Crippen molar-refractivity contribution in [1.82, 2.24) is 4.98 Å². The molecule has 5 heteroatoms. The van der Waals surface area contributed by atoms with Crippen molar-refractivity contribution in [2.75, 3.05) is 0 Å². The normalized spacial score (nSPS) is 9.24. The van der Waals surface area contributed by atoms with Crippen molar-refractivity contribution < 1.29 is 9.90 Å². The van der Waals surface area contributed by atoms with Gasteiger partial charge < -0.3 is 5.11 Å². The molecule has 1 aromatic heterocycles. The van der Waals surface area contributed by atoms with Crippen LogP contribution < -0.4 is 0 Å². The third kappa shape index (κ3) is 3.31. The molecule has 0 atom stereocenters. The van der Waals surface area contributed by atoms with Crippen LogP contribution in [0.25, 0.3) is 17.3 Å². The summed E-state index contributed by atoms with van der Waals surface area (Å²) >= 11 is 0. The van der Waals surface area contributed by atoms with Crippen molar-refractivity contribution in [3.05, 3.63) is 59.3 Å². The highest BCUT2D eigenvalue weighted by atomic mass is 16.4.